The number of rotatable bonds is 14. The number of sulfone groups is 1. The van der Waals surface area contributed by atoms with Crippen molar-refractivity contribution >= 4 is 21.6 Å². The molecule has 1 atom stereocenters. The van der Waals surface area contributed by atoms with Gasteiger partial charge in [-0.25, -0.2) is 18.4 Å². The molecular formula is C23H40N4O5S. The zero-order valence-corrected chi connectivity index (χ0v) is 21.2. The van der Waals surface area contributed by atoms with Crippen molar-refractivity contribution in [2.45, 2.75) is 89.6 Å². The van der Waals surface area contributed by atoms with Gasteiger partial charge in [0.15, 0.2) is 0 Å². The monoisotopic (exact) mass is 484 g/mol. The number of aromatic nitrogens is 2. The Morgan fingerprint density at radius 2 is 1.94 bits per heavy atom. The zero-order valence-electron chi connectivity index (χ0n) is 20.4. The average Bonchev–Trinajstić information content (AvgIpc) is 2.76. The molecule has 1 aromatic rings. The van der Waals surface area contributed by atoms with Gasteiger partial charge in [0.1, 0.15) is 11.9 Å². The van der Waals surface area contributed by atoms with Crippen LogP contribution in [0.4, 0.5) is 5.82 Å². The molecule has 1 amide bonds. The van der Waals surface area contributed by atoms with E-state index in [1.807, 2.05) is 20.8 Å². The Morgan fingerprint density at radius 1 is 1.21 bits per heavy atom. The lowest BCUT2D eigenvalue weighted by Crippen LogP contribution is -2.41. The molecule has 1 heterocycles. The summed E-state index contributed by atoms with van der Waals surface area (Å²) in [4.78, 5) is 21.2. The summed E-state index contributed by atoms with van der Waals surface area (Å²) in [5.41, 5.74) is 0.485. The van der Waals surface area contributed by atoms with Gasteiger partial charge in [0.2, 0.25) is 20.9 Å². The average molecular weight is 485 g/mol. The van der Waals surface area contributed by atoms with Gasteiger partial charge in [-0.3, -0.25) is 4.79 Å². The van der Waals surface area contributed by atoms with Crippen molar-refractivity contribution in [3.63, 3.8) is 0 Å². The molecule has 1 saturated carbocycles. The second-order valence-electron chi connectivity index (χ2n) is 9.04. The van der Waals surface area contributed by atoms with Crippen LogP contribution in [0.1, 0.15) is 71.4 Å². The number of amides is 1. The Hall–Kier alpha value is -1.78. The first-order valence-electron chi connectivity index (χ1n) is 12.0. The highest BCUT2D eigenvalue weighted by Gasteiger charge is 2.22. The maximum Gasteiger partial charge on any atom is 0.249 e. The molecule has 1 unspecified atom stereocenters. The molecule has 10 heteroatoms. The standard InChI is InChI=1S/C23H40N4O5S/c1-5-31-13-9-12-24-22(28)20(14-17(2)3)26-21-15-18(25-23(27-21)33(4,29)30)16-32-19-10-7-6-8-11-19/h15,17,19-20H,5-14,16H2,1-4H3,(H,24,28)(H,25,26,27). The third-order valence-electron chi connectivity index (χ3n) is 5.42. The molecule has 0 aromatic carbocycles. The summed E-state index contributed by atoms with van der Waals surface area (Å²) in [5.74, 6) is 0.407. The van der Waals surface area contributed by atoms with E-state index in [9.17, 15) is 13.2 Å². The second-order valence-corrected chi connectivity index (χ2v) is 10.9. The van der Waals surface area contributed by atoms with Crippen LogP contribution in [0, 0.1) is 5.92 Å². The van der Waals surface area contributed by atoms with Crippen LogP contribution < -0.4 is 10.6 Å². The van der Waals surface area contributed by atoms with E-state index in [2.05, 4.69) is 20.6 Å². The maximum atomic E-state index is 12.8. The minimum absolute atomic E-state index is 0.153. The van der Waals surface area contributed by atoms with Crippen molar-refractivity contribution in [3.05, 3.63) is 11.8 Å². The quantitative estimate of drug-likeness (QED) is 0.305. The first-order valence-corrected chi connectivity index (χ1v) is 13.9. The van der Waals surface area contributed by atoms with Gasteiger partial charge in [-0.05, 0) is 38.5 Å². The van der Waals surface area contributed by atoms with E-state index in [1.165, 1.54) is 6.42 Å². The van der Waals surface area contributed by atoms with Crippen LogP contribution in [0.25, 0.3) is 0 Å². The second kappa shape index (κ2) is 13.8. The smallest absolute Gasteiger partial charge is 0.249 e. The lowest BCUT2D eigenvalue weighted by atomic mass is 9.98. The zero-order chi connectivity index (χ0) is 24.3. The Kier molecular flexibility index (Phi) is 11.5. The van der Waals surface area contributed by atoms with Gasteiger partial charge in [0, 0.05) is 32.1 Å². The summed E-state index contributed by atoms with van der Waals surface area (Å²) in [5, 5.41) is 5.80. The van der Waals surface area contributed by atoms with Crippen LogP contribution in [0.3, 0.4) is 0 Å². The van der Waals surface area contributed by atoms with E-state index in [1.54, 1.807) is 6.07 Å². The number of hydrogen-bond acceptors (Lipinski definition) is 8. The summed E-state index contributed by atoms with van der Waals surface area (Å²) in [7, 11) is -3.63. The molecule has 0 spiro atoms. The summed E-state index contributed by atoms with van der Waals surface area (Å²) < 4.78 is 35.7. The van der Waals surface area contributed by atoms with E-state index >= 15 is 0 Å². The molecular weight excluding hydrogens is 444 g/mol. The molecule has 0 radical (unpaired) electrons. The van der Waals surface area contributed by atoms with E-state index in [-0.39, 0.29) is 29.7 Å². The Balaban J connectivity index is 2.12. The summed E-state index contributed by atoms with van der Waals surface area (Å²) in [6.07, 6.45) is 8.08. The summed E-state index contributed by atoms with van der Waals surface area (Å²) >= 11 is 0. The lowest BCUT2D eigenvalue weighted by Gasteiger charge is -2.23. The normalized spacial score (nSPS) is 16.0. The highest BCUT2D eigenvalue weighted by Crippen LogP contribution is 2.22. The van der Waals surface area contributed by atoms with Gasteiger partial charge < -0.3 is 20.1 Å². The van der Waals surface area contributed by atoms with Gasteiger partial charge in [-0.1, -0.05) is 33.1 Å². The molecule has 188 valence electrons. The minimum atomic E-state index is -3.63. The van der Waals surface area contributed by atoms with E-state index < -0.39 is 15.9 Å². The third kappa shape index (κ3) is 10.4. The molecule has 9 nitrogen and oxygen atoms in total. The van der Waals surface area contributed by atoms with E-state index in [0.29, 0.717) is 37.7 Å². The van der Waals surface area contributed by atoms with E-state index in [4.69, 9.17) is 9.47 Å². The fraction of sp³-hybridized carbons (Fsp3) is 0.783. The molecule has 2 rings (SSSR count). The first kappa shape index (κ1) is 27.5. The number of nitrogens with zero attached hydrogens (tertiary/aromatic N) is 2. The number of hydrogen-bond donors (Lipinski definition) is 2. The van der Waals surface area contributed by atoms with Crippen molar-refractivity contribution in [1.29, 1.82) is 0 Å². The molecule has 1 aliphatic rings. The maximum absolute atomic E-state index is 12.8. The van der Waals surface area contributed by atoms with Gasteiger partial charge in [0.25, 0.3) is 0 Å². The van der Waals surface area contributed by atoms with Gasteiger partial charge in [0.05, 0.1) is 18.4 Å². The third-order valence-corrected chi connectivity index (χ3v) is 6.27. The fourth-order valence-electron chi connectivity index (χ4n) is 3.76. The van der Waals surface area contributed by atoms with Gasteiger partial charge >= 0.3 is 0 Å². The van der Waals surface area contributed by atoms with Crippen LogP contribution in [-0.4, -0.2) is 62.5 Å². The number of carbonyl (C=O) groups is 1. The van der Waals surface area contributed by atoms with Gasteiger partial charge in [-0.2, -0.15) is 0 Å². The van der Waals surface area contributed by atoms with Crippen molar-refractivity contribution < 1.29 is 22.7 Å². The van der Waals surface area contributed by atoms with Crippen LogP contribution in [0.5, 0.6) is 0 Å². The predicted molar refractivity (Wildman–Crippen MR) is 128 cm³/mol. The molecule has 1 aliphatic carbocycles. The Labute approximate surface area is 198 Å². The number of anilines is 1. The van der Waals surface area contributed by atoms with Crippen LogP contribution in [-0.2, 0) is 30.7 Å². The van der Waals surface area contributed by atoms with Crippen molar-refractivity contribution in [1.82, 2.24) is 15.3 Å². The lowest BCUT2D eigenvalue weighted by molar-refractivity contribution is -0.122. The fourth-order valence-corrected chi connectivity index (χ4v) is 4.30. The van der Waals surface area contributed by atoms with Crippen LogP contribution in [0.2, 0.25) is 0 Å². The summed E-state index contributed by atoms with van der Waals surface area (Å²) in [6, 6.07) is 1.12. The molecule has 33 heavy (non-hydrogen) atoms. The largest absolute Gasteiger partial charge is 0.382 e. The molecule has 2 N–H and O–H groups in total. The molecule has 0 saturated heterocycles. The molecule has 0 bridgehead atoms. The number of carbonyl (C=O) groups excluding carboxylic acids is 1. The van der Waals surface area contributed by atoms with E-state index in [0.717, 1.165) is 38.4 Å². The highest BCUT2D eigenvalue weighted by molar-refractivity contribution is 7.90. The molecule has 1 fully saturated rings. The molecule has 1 aromatic heterocycles. The van der Waals surface area contributed by atoms with Crippen LogP contribution in [0.15, 0.2) is 11.2 Å². The van der Waals surface area contributed by atoms with Crippen molar-refractivity contribution in [2.24, 2.45) is 5.92 Å². The van der Waals surface area contributed by atoms with Crippen molar-refractivity contribution in [2.75, 3.05) is 31.3 Å². The Bertz CT molecular complexity index is 841. The number of ether oxygens (including phenoxy) is 2. The number of nitrogens with one attached hydrogen (secondary N) is 2. The van der Waals surface area contributed by atoms with Crippen molar-refractivity contribution in [3.8, 4) is 0 Å². The topological polar surface area (TPSA) is 120 Å². The summed E-state index contributed by atoms with van der Waals surface area (Å²) in [6.45, 7) is 7.95. The first-order chi connectivity index (χ1) is 15.7. The predicted octanol–water partition coefficient (Wildman–Crippen LogP) is 3.10. The SMILES string of the molecule is CCOCCCNC(=O)C(CC(C)C)Nc1cc(COC2CCCCC2)nc(S(C)(=O)=O)n1. The van der Waals surface area contributed by atoms with Gasteiger partial charge in [-0.15, -0.1) is 0 Å². The molecule has 0 aliphatic heterocycles. The van der Waals surface area contributed by atoms with Crippen LogP contribution >= 0.6 is 0 Å². The Morgan fingerprint density at radius 3 is 2.58 bits per heavy atom. The highest BCUT2D eigenvalue weighted by atomic mass is 32.2. The minimum Gasteiger partial charge on any atom is -0.382 e.